The predicted octanol–water partition coefficient (Wildman–Crippen LogP) is 2.45. The van der Waals surface area contributed by atoms with Gasteiger partial charge in [0.05, 0.1) is 0 Å². The lowest BCUT2D eigenvalue weighted by Crippen LogP contribution is -2.54. The van der Waals surface area contributed by atoms with Gasteiger partial charge in [-0.15, -0.1) is 0 Å². The highest BCUT2D eigenvalue weighted by Gasteiger charge is 2.28. The molecule has 1 aliphatic carbocycles. The van der Waals surface area contributed by atoms with Crippen molar-refractivity contribution in [1.29, 1.82) is 0 Å². The highest BCUT2D eigenvalue weighted by Crippen LogP contribution is 2.24. The summed E-state index contributed by atoms with van der Waals surface area (Å²) in [5.74, 6) is 0. The Morgan fingerprint density at radius 1 is 1.05 bits per heavy atom. The van der Waals surface area contributed by atoms with E-state index in [-0.39, 0.29) is 0 Å². The molecule has 2 fully saturated rings. The fourth-order valence-corrected chi connectivity index (χ4v) is 3.82. The van der Waals surface area contributed by atoms with Crippen molar-refractivity contribution in [2.75, 3.05) is 32.7 Å². The molecule has 0 spiro atoms. The van der Waals surface area contributed by atoms with Crippen LogP contribution >= 0.6 is 0 Å². The summed E-state index contributed by atoms with van der Waals surface area (Å²) in [6, 6.07) is 1.54. The molecule has 2 aliphatic rings. The zero-order valence-corrected chi connectivity index (χ0v) is 12.8. The van der Waals surface area contributed by atoms with E-state index >= 15 is 0 Å². The molecular weight excluding hydrogens is 234 g/mol. The van der Waals surface area contributed by atoms with Crippen molar-refractivity contribution in [3.8, 4) is 0 Å². The molecule has 3 nitrogen and oxygen atoms in total. The third-order valence-electron chi connectivity index (χ3n) is 5.12. The zero-order valence-electron chi connectivity index (χ0n) is 12.8. The van der Waals surface area contributed by atoms with Crippen LogP contribution in [0.1, 0.15) is 58.3 Å². The Bertz CT molecular complexity index is 230. The second-order valence-electron chi connectivity index (χ2n) is 6.40. The maximum absolute atomic E-state index is 5.99. The first-order valence-corrected chi connectivity index (χ1v) is 8.53. The summed E-state index contributed by atoms with van der Waals surface area (Å²) in [6.07, 6.45) is 11.1. The first-order chi connectivity index (χ1) is 9.35. The molecule has 1 saturated heterocycles. The van der Waals surface area contributed by atoms with Crippen LogP contribution in [0.3, 0.4) is 0 Å². The van der Waals surface area contributed by atoms with Crippen LogP contribution in [-0.2, 0) is 0 Å². The molecular formula is C16H33N3. The van der Waals surface area contributed by atoms with Crippen LogP contribution in [-0.4, -0.2) is 54.6 Å². The SMILES string of the molecule is CCCCCC(CN)N1CCN(C2CCCC2)CC1. The van der Waals surface area contributed by atoms with Crippen LogP contribution in [0.15, 0.2) is 0 Å². The van der Waals surface area contributed by atoms with Gasteiger partial charge in [0.2, 0.25) is 0 Å². The van der Waals surface area contributed by atoms with Gasteiger partial charge < -0.3 is 5.73 Å². The highest BCUT2D eigenvalue weighted by molar-refractivity contribution is 4.84. The lowest BCUT2D eigenvalue weighted by molar-refractivity contribution is 0.0690. The van der Waals surface area contributed by atoms with Crippen molar-refractivity contribution in [1.82, 2.24) is 9.80 Å². The Kier molecular flexibility index (Phi) is 6.62. The van der Waals surface area contributed by atoms with Crippen molar-refractivity contribution >= 4 is 0 Å². The lowest BCUT2D eigenvalue weighted by Gasteiger charge is -2.41. The number of hydrogen-bond donors (Lipinski definition) is 1. The van der Waals surface area contributed by atoms with E-state index in [0.717, 1.165) is 12.6 Å². The second-order valence-corrected chi connectivity index (χ2v) is 6.40. The number of nitrogens with two attached hydrogens (primary N) is 1. The van der Waals surface area contributed by atoms with Gasteiger partial charge in [0, 0.05) is 44.8 Å². The fourth-order valence-electron chi connectivity index (χ4n) is 3.82. The van der Waals surface area contributed by atoms with Gasteiger partial charge in [0.1, 0.15) is 0 Å². The summed E-state index contributed by atoms with van der Waals surface area (Å²) in [6.45, 7) is 8.14. The number of nitrogens with zero attached hydrogens (tertiary/aromatic N) is 2. The van der Waals surface area contributed by atoms with Gasteiger partial charge in [0.15, 0.2) is 0 Å². The third kappa shape index (κ3) is 4.44. The van der Waals surface area contributed by atoms with E-state index in [2.05, 4.69) is 16.7 Å². The van der Waals surface area contributed by atoms with E-state index in [9.17, 15) is 0 Å². The van der Waals surface area contributed by atoms with E-state index in [1.807, 2.05) is 0 Å². The van der Waals surface area contributed by atoms with Crippen LogP contribution in [0.5, 0.6) is 0 Å². The van der Waals surface area contributed by atoms with Crippen molar-refractivity contribution in [3.05, 3.63) is 0 Å². The monoisotopic (exact) mass is 267 g/mol. The van der Waals surface area contributed by atoms with Crippen molar-refractivity contribution < 1.29 is 0 Å². The zero-order chi connectivity index (χ0) is 13.5. The number of rotatable bonds is 7. The number of unbranched alkanes of at least 4 members (excludes halogenated alkanes) is 2. The lowest BCUT2D eigenvalue weighted by atomic mass is 10.1. The maximum Gasteiger partial charge on any atom is 0.0219 e. The molecule has 0 aromatic heterocycles. The Hall–Kier alpha value is -0.120. The van der Waals surface area contributed by atoms with E-state index in [1.165, 1.54) is 77.5 Å². The van der Waals surface area contributed by atoms with Crippen LogP contribution in [0.25, 0.3) is 0 Å². The Morgan fingerprint density at radius 3 is 2.32 bits per heavy atom. The molecule has 0 amide bonds. The first kappa shape index (κ1) is 15.3. The molecule has 2 N–H and O–H groups in total. The standard InChI is InChI=1S/C16H33N3/c1-2-3-4-9-16(14-17)19-12-10-18(11-13-19)15-7-5-6-8-15/h15-16H,2-14,17H2,1H3. The van der Waals surface area contributed by atoms with E-state index < -0.39 is 0 Å². The average Bonchev–Trinajstić information content (AvgIpc) is 2.98. The topological polar surface area (TPSA) is 32.5 Å². The van der Waals surface area contributed by atoms with Gasteiger partial charge in [-0.05, 0) is 19.3 Å². The normalized spacial score (nSPS) is 24.9. The molecule has 1 atom stereocenters. The molecule has 19 heavy (non-hydrogen) atoms. The van der Waals surface area contributed by atoms with Gasteiger partial charge in [-0.2, -0.15) is 0 Å². The van der Waals surface area contributed by atoms with Crippen LogP contribution in [0.2, 0.25) is 0 Å². The summed E-state index contributed by atoms with van der Waals surface area (Å²) in [4.78, 5) is 5.39. The van der Waals surface area contributed by atoms with Crippen LogP contribution in [0, 0.1) is 0 Å². The van der Waals surface area contributed by atoms with Crippen molar-refractivity contribution in [2.45, 2.75) is 70.4 Å². The molecule has 1 unspecified atom stereocenters. The molecule has 3 heteroatoms. The summed E-state index contributed by atoms with van der Waals surface area (Å²) in [7, 11) is 0. The minimum absolute atomic E-state index is 0.636. The molecule has 1 saturated carbocycles. The summed E-state index contributed by atoms with van der Waals surface area (Å²) >= 11 is 0. The molecule has 1 heterocycles. The predicted molar refractivity (Wildman–Crippen MR) is 82.4 cm³/mol. The Morgan fingerprint density at radius 2 is 1.74 bits per heavy atom. The Labute approximate surface area is 119 Å². The van der Waals surface area contributed by atoms with E-state index in [4.69, 9.17) is 5.73 Å². The second kappa shape index (κ2) is 8.23. The minimum atomic E-state index is 0.636. The van der Waals surface area contributed by atoms with Crippen molar-refractivity contribution in [2.24, 2.45) is 5.73 Å². The van der Waals surface area contributed by atoms with Gasteiger partial charge >= 0.3 is 0 Å². The summed E-state index contributed by atoms with van der Waals surface area (Å²) in [5, 5.41) is 0. The van der Waals surface area contributed by atoms with E-state index in [1.54, 1.807) is 0 Å². The number of piperazine rings is 1. The van der Waals surface area contributed by atoms with Crippen LogP contribution < -0.4 is 5.73 Å². The van der Waals surface area contributed by atoms with Gasteiger partial charge in [-0.1, -0.05) is 39.0 Å². The molecule has 1 aliphatic heterocycles. The maximum atomic E-state index is 5.99. The average molecular weight is 267 g/mol. The minimum Gasteiger partial charge on any atom is -0.329 e. The largest absolute Gasteiger partial charge is 0.329 e. The summed E-state index contributed by atoms with van der Waals surface area (Å²) < 4.78 is 0. The van der Waals surface area contributed by atoms with E-state index in [0.29, 0.717) is 6.04 Å². The molecule has 0 radical (unpaired) electrons. The quantitative estimate of drug-likeness (QED) is 0.719. The van der Waals surface area contributed by atoms with Crippen molar-refractivity contribution in [3.63, 3.8) is 0 Å². The summed E-state index contributed by atoms with van der Waals surface area (Å²) in [5.41, 5.74) is 5.99. The molecule has 0 aromatic rings. The molecule has 0 bridgehead atoms. The number of hydrogen-bond acceptors (Lipinski definition) is 3. The smallest absolute Gasteiger partial charge is 0.0219 e. The molecule has 2 rings (SSSR count). The fraction of sp³-hybridized carbons (Fsp3) is 1.00. The molecule has 0 aromatic carbocycles. The third-order valence-corrected chi connectivity index (χ3v) is 5.12. The molecule has 112 valence electrons. The van der Waals surface area contributed by atoms with Gasteiger partial charge in [-0.3, -0.25) is 9.80 Å². The van der Waals surface area contributed by atoms with Crippen LogP contribution in [0.4, 0.5) is 0 Å². The Balaban J connectivity index is 1.71. The first-order valence-electron chi connectivity index (χ1n) is 8.53. The van der Waals surface area contributed by atoms with Gasteiger partial charge in [0.25, 0.3) is 0 Å². The van der Waals surface area contributed by atoms with Gasteiger partial charge in [-0.25, -0.2) is 0 Å². The highest BCUT2D eigenvalue weighted by atomic mass is 15.3.